The van der Waals surface area contributed by atoms with Gasteiger partial charge in [-0.2, -0.15) is 4.72 Å². The van der Waals surface area contributed by atoms with E-state index in [1.807, 2.05) is 0 Å². The molecule has 12 heteroatoms. The van der Waals surface area contributed by atoms with E-state index in [-0.39, 0.29) is 30.8 Å². The van der Waals surface area contributed by atoms with E-state index in [4.69, 9.17) is 20.9 Å². The summed E-state index contributed by atoms with van der Waals surface area (Å²) in [6.07, 6.45) is -1.73. The Hall–Kier alpha value is -3.48. The number of aliphatic imine (C=N–C) groups is 1. The first-order valence-corrected chi connectivity index (χ1v) is 11.0. The number of rotatable bonds is 12. The number of benzene rings is 2. The fourth-order valence-electron chi connectivity index (χ4n) is 2.44. The third kappa shape index (κ3) is 8.71. The Kier molecular flexibility index (Phi) is 9.60. The number of sulfonamides is 1. The number of nitrogens with one attached hydrogen (secondary N) is 2. The van der Waals surface area contributed by atoms with Crippen molar-refractivity contribution in [1.29, 1.82) is 0 Å². The molecule has 0 unspecified atom stereocenters. The first-order chi connectivity index (χ1) is 15.3. The van der Waals surface area contributed by atoms with Crippen LogP contribution in [0.5, 0.6) is 0 Å². The number of ether oxygens (including phenoxy) is 2. The van der Waals surface area contributed by atoms with Gasteiger partial charge in [0.15, 0.2) is 12.8 Å². The van der Waals surface area contributed by atoms with E-state index in [9.17, 15) is 18.0 Å². The van der Waals surface area contributed by atoms with Crippen molar-refractivity contribution in [3.05, 3.63) is 66.2 Å². The van der Waals surface area contributed by atoms with Crippen LogP contribution in [0.25, 0.3) is 0 Å². The smallest absolute Gasteiger partial charge is 0.311 e. The van der Waals surface area contributed by atoms with Crippen LogP contribution in [0.15, 0.2) is 70.6 Å². The van der Waals surface area contributed by atoms with Crippen molar-refractivity contribution in [2.75, 3.05) is 19.9 Å². The van der Waals surface area contributed by atoms with Crippen LogP contribution in [0, 0.1) is 0 Å². The zero-order valence-electron chi connectivity index (χ0n) is 17.1. The number of hydrogen-bond acceptors (Lipinski definition) is 7. The highest BCUT2D eigenvalue weighted by Crippen LogP contribution is 2.09. The second-order valence-corrected chi connectivity index (χ2v) is 8.09. The maximum Gasteiger partial charge on any atom is 0.311 e. The Morgan fingerprint density at radius 3 is 2.25 bits per heavy atom. The molecular formula is C20H25N5O6S. The van der Waals surface area contributed by atoms with Crippen LogP contribution >= 0.6 is 0 Å². The summed E-state index contributed by atoms with van der Waals surface area (Å²) in [5, 5.41) is 2.50. The number of guanidine groups is 1. The zero-order valence-corrected chi connectivity index (χ0v) is 18.0. The topological polar surface area (TPSA) is 175 Å². The lowest BCUT2D eigenvalue weighted by Crippen LogP contribution is -2.49. The van der Waals surface area contributed by atoms with Crippen LogP contribution in [0.1, 0.15) is 16.8 Å². The van der Waals surface area contributed by atoms with Crippen molar-refractivity contribution in [2.24, 2.45) is 16.5 Å². The molecular weight excluding hydrogens is 438 g/mol. The fourth-order valence-corrected chi connectivity index (χ4v) is 3.61. The van der Waals surface area contributed by atoms with Crippen LogP contribution < -0.4 is 21.5 Å². The Labute approximate surface area is 185 Å². The Morgan fingerprint density at radius 1 is 1.00 bits per heavy atom. The average Bonchev–Trinajstić information content (AvgIpc) is 2.76. The second-order valence-electron chi connectivity index (χ2n) is 6.38. The summed E-state index contributed by atoms with van der Waals surface area (Å²) in [5.41, 5.74) is 10.7. The van der Waals surface area contributed by atoms with Crippen LogP contribution in [-0.2, 0) is 24.3 Å². The summed E-state index contributed by atoms with van der Waals surface area (Å²) >= 11 is 0. The monoisotopic (exact) mass is 463 g/mol. The van der Waals surface area contributed by atoms with Gasteiger partial charge in [-0.1, -0.05) is 36.4 Å². The molecule has 0 saturated carbocycles. The summed E-state index contributed by atoms with van der Waals surface area (Å²) < 4.78 is 37.6. The summed E-state index contributed by atoms with van der Waals surface area (Å²) in [6.45, 7) is -0.0872. The second kappa shape index (κ2) is 12.4. The zero-order chi connectivity index (χ0) is 23.4. The Morgan fingerprint density at radius 2 is 1.62 bits per heavy atom. The molecule has 0 aromatic heterocycles. The Bertz CT molecular complexity index is 1010. The third-order valence-electron chi connectivity index (χ3n) is 3.90. The predicted octanol–water partition coefficient (Wildman–Crippen LogP) is -0.0982. The molecule has 0 fully saturated rings. The molecule has 6 N–H and O–H groups in total. The van der Waals surface area contributed by atoms with E-state index in [0.717, 1.165) is 0 Å². The molecule has 2 aromatic rings. The molecule has 0 spiro atoms. The van der Waals surface area contributed by atoms with Crippen LogP contribution in [-0.4, -0.2) is 52.4 Å². The maximum atomic E-state index is 12.7. The predicted molar refractivity (Wildman–Crippen MR) is 117 cm³/mol. The molecule has 0 aliphatic carbocycles. The number of carbonyl (C=O) groups excluding carboxylic acids is 2. The van der Waals surface area contributed by atoms with Gasteiger partial charge >= 0.3 is 5.97 Å². The summed E-state index contributed by atoms with van der Waals surface area (Å²) in [7, 11) is -4.02. The van der Waals surface area contributed by atoms with E-state index >= 15 is 0 Å². The molecule has 0 aliphatic heterocycles. The molecule has 0 saturated heterocycles. The van der Waals surface area contributed by atoms with Crippen molar-refractivity contribution in [3.8, 4) is 0 Å². The molecule has 0 heterocycles. The van der Waals surface area contributed by atoms with Crippen molar-refractivity contribution in [2.45, 2.75) is 17.5 Å². The molecule has 32 heavy (non-hydrogen) atoms. The summed E-state index contributed by atoms with van der Waals surface area (Å²) in [4.78, 5) is 28.4. The molecule has 11 nitrogen and oxygen atoms in total. The number of nitrogens with zero attached hydrogens (tertiary/aromatic N) is 1. The minimum Gasteiger partial charge on any atom is -0.438 e. The average molecular weight is 464 g/mol. The SMILES string of the molecule is NC(N)=NCCOCOC(=O)C[C@@H](NC(=O)c1ccccc1)NS(=O)(=O)c1ccccc1. The van der Waals surface area contributed by atoms with E-state index in [2.05, 4.69) is 15.0 Å². The number of carbonyl (C=O) groups is 2. The Balaban J connectivity index is 2.01. The normalized spacial score (nSPS) is 11.9. The summed E-state index contributed by atoms with van der Waals surface area (Å²) in [6, 6.07) is 15.7. The first kappa shape index (κ1) is 24.8. The number of nitrogens with two attached hydrogens (primary N) is 2. The van der Waals surface area contributed by atoms with Gasteiger partial charge in [-0.05, 0) is 24.3 Å². The molecule has 2 aromatic carbocycles. The fraction of sp³-hybridized carbons (Fsp3) is 0.250. The standard InChI is InChI=1S/C20H25N5O6S/c21-20(22)23-11-12-30-14-31-18(26)13-17(24-19(27)15-7-3-1-4-8-15)25-32(28,29)16-9-5-2-6-10-16/h1-10,17,25H,11-14H2,(H,24,27)(H4,21,22,23)/t17-/m0/s1. The quantitative estimate of drug-likeness (QED) is 0.111. The van der Waals surface area contributed by atoms with Crippen molar-refractivity contribution in [1.82, 2.24) is 10.0 Å². The van der Waals surface area contributed by atoms with Crippen molar-refractivity contribution < 1.29 is 27.5 Å². The lowest BCUT2D eigenvalue weighted by Gasteiger charge is -2.20. The molecule has 0 aliphatic rings. The molecule has 1 atom stereocenters. The van der Waals surface area contributed by atoms with Crippen LogP contribution in [0.2, 0.25) is 0 Å². The molecule has 0 bridgehead atoms. The third-order valence-corrected chi connectivity index (χ3v) is 5.38. The van der Waals surface area contributed by atoms with Gasteiger partial charge < -0.3 is 26.3 Å². The van der Waals surface area contributed by atoms with Gasteiger partial charge in [-0.15, -0.1) is 0 Å². The van der Waals surface area contributed by atoms with Gasteiger partial charge in [-0.3, -0.25) is 14.6 Å². The number of esters is 1. The minimum absolute atomic E-state index is 0.0182. The molecule has 2 rings (SSSR count). The largest absolute Gasteiger partial charge is 0.438 e. The van der Waals surface area contributed by atoms with Crippen LogP contribution in [0.4, 0.5) is 0 Å². The summed E-state index contributed by atoms with van der Waals surface area (Å²) in [5.74, 6) is -1.44. The van der Waals surface area contributed by atoms with Crippen molar-refractivity contribution in [3.63, 3.8) is 0 Å². The highest BCUT2D eigenvalue weighted by Gasteiger charge is 2.24. The van der Waals surface area contributed by atoms with Gasteiger partial charge in [0.25, 0.3) is 5.91 Å². The van der Waals surface area contributed by atoms with Gasteiger partial charge in [0, 0.05) is 5.56 Å². The first-order valence-electron chi connectivity index (χ1n) is 9.50. The van der Waals surface area contributed by atoms with Gasteiger partial charge in [0.05, 0.1) is 24.5 Å². The van der Waals surface area contributed by atoms with E-state index < -0.39 is 34.5 Å². The molecule has 172 valence electrons. The number of hydrogen-bond donors (Lipinski definition) is 4. The highest BCUT2D eigenvalue weighted by molar-refractivity contribution is 7.89. The van der Waals surface area contributed by atoms with Crippen LogP contribution in [0.3, 0.4) is 0 Å². The van der Waals surface area contributed by atoms with E-state index in [1.165, 1.54) is 12.1 Å². The van der Waals surface area contributed by atoms with Crippen molar-refractivity contribution >= 4 is 27.9 Å². The lowest BCUT2D eigenvalue weighted by atomic mass is 10.2. The van der Waals surface area contributed by atoms with E-state index in [1.54, 1.807) is 48.5 Å². The van der Waals surface area contributed by atoms with Gasteiger partial charge in [0.1, 0.15) is 6.17 Å². The van der Waals surface area contributed by atoms with Gasteiger partial charge in [-0.25, -0.2) is 8.42 Å². The molecule has 1 amide bonds. The minimum atomic E-state index is -4.02. The lowest BCUT2D eigenvalue weighted by molar-refractivity contribution is -0.156. The maximum absolute atomic E-state index is 12.7. The molecule has 0 radical (unpaired) electrons. The number of amides is 1. The van der Waals surface area contributed by atoms with Gasteiger partial charge in [0.2, 0.25) is 10.0 Å². The van der Waals surface area contributed by atoms with E-state index in [0.29, 0.717) is 5.56 Å². The highest BCUT2D eigenvalue weighted by atomic mass is 32.2.